The number of hydrogen-bond donors (Lipinski definition) is 2. The molecule has 0 unspecified atom stereocenters. The highest BCUT2D eigenvalue weighted by Crippen LogP contribution is 2.31. The van der Waals surface area contributed by atoms with Crippen molar-refractivity contribution in [2.75, 3.05) is 20.1 Å². The molecule has 2 aromatic heterocycles. The van der Waals surface area contributed by atoms with E-state index in [1.165, 1.54) is 6.20 Å². The Labute approximate surface area is 211 Å². The quantitative estimate of drug-likeness (QED) is 0.387. The molecule has 2 aromatic carbocycles. The molecule has 1 amide bonds. The number of H-pyrrole nitrogens is 1. The molecule has 0 radical (unpaired) electrons. The zero-order chi connectivity index (χ0) is 24.7. The zero-order valence-corrected chi connectivity index (χ0v) is 21.6. The Kier molecular flexibility index (Phi) is 6.20. The van der Waals surface area contributed by atoms with Crippen molar-refractivity contribution in [1.29, 1.82) is 0 Å². The number of likely N-dealkylation sites (N-methyl/N-ethyl adjacent to an activating group) is 1. The molecule has 1 fully saturated rings. The lowest BCUT2D eigenvalue weighted by Crippen LogP contribution is -2.33. The van der Waals surface area contributed by atoms with Crippen LogP contribution in [0.15, 0.2) is 69.3 Å². The zero-order valence-electron chi connectivity index (χ0n) is 19.2. The van der Waals surface area contributed by atoms with Gasteiger partial charge in [-0.1, -0.05) is 18.2 Å². The van der Waals surface area contributed by atoms with Crippen LogP contribution in [0, 0.1) is 6.92 Å². The molecule has 1 aliphatic heterocycles. The molecule has 1 aliphatic rings. The van der Waals surface area contributed by atoms with Gasteiger partial charge in [0.15, 0.2) is 10.7 Å². The smallest absolute Gasteiger partial charge is 0.253 e. The van der Waals surface area contributed by atoms with Crippen LogP contribution in [0.3, 0.4) is 0 Å². The van der Waals surface area contributed by atoms with Crippen molar-refractivity contribution in [3.05, 3.63) is 70.5 Å². The summed E-state index contributed by atoms with van der Waals surface area (Å²) in [7, 11) is -1.97. The van der Waals surface area contributed by atoms with Crippen LogP contribution in [-0.2, 0) is 9.84 Å². The molecule has 2 N–H and O–H groups in total. The van der Waals surface area contributed by atoms with E-state index < -0.39 is 9.84 Å². The monoisotopic (exact) mass is 553 g/mol. The molecule has 0 aliphatic carbocycles. The lowest BCUT2D eigenvalue weighted by atomic mass is 10.1. The van der Waals surface area contributed by atoms with E-state index in [0.717, 1.165) is 24.1 Å². The number of sulfone groups is 1. The summed E-state index contributed by atoms with van der Waals surface area (Å²) < 4.78 is 27.1. The molecular weight excluding hydrogens is 530 g/mol. The molecule has 1 saturated heterocycles. The number of aromatic amines is 1. The summed E-state index contributed by atoms with van der Waals surface area (Å²) in [5.41, 5.74) is 3.89. The van der Waals surface area contributed by atoms with Crippen LogP contribution in [0.1, 0.15) is 22.3 Å². The van der Waals surface area contributed by atoms with Gasteiger partial charge in [0.2, 0.25) is 9.84 Å². The molecule has 180 valence electrons. The number of benzene rings is 2. The van der Waals surface area contributed by atoms with E-state index in [9.17, 15) is 13.2 Å². The van der Waals surface area contributed by atoms with E-state index in [4.69, 9.17) is 0 Å². The first-order chi connectivity index (χ1) is 16.8. The van der Waals surface area contributed by atoms with E-state index in [-0.39, 0.29) is 15.8 Å². The number of aryl methyl sites for hydroxylation is 1. The van der Waals surface area contributed by atoms with Crippen molar-refractivity contribution in [3.8, 4) is 11.1 Å². The Morgan fingerprint density at radius 2 is 1.97 bits per heavy atom. The van der Waals surface area contributed by atoms with Crippen molar-refractivity contribution >= 4 is 42.8 Å². The number of fused-ring (bicyclic) bond motifs is 1. The van der Waals surface area contributed by atoms with Gasteiger partial charge in [0.25, 0.3) is 5.91 Å². The lowest BCUT2D eigenvalue weighted by Gasteiger charge is -2.16. The highest BCUT2D eigenvalue weighted by molar-refractivity contribution is 9.10. The summed E-state index contributed by atoms with van der Waals surface area (Å²) in [6.45, 7) is 3.27. The van der Waals surface area contributed by atoms with Crippen molar-refractivity contribution in [2.45, 2.75) is 29.3 Å². The molecular formula is C25H24BrN5O3S. The SMILES string of the molecule is CN[C@H]1CCN(C(=O)c2ccc(-c3c[nH]c4ncc(S(=O)(=O)c5cc(C)ccc5Br)nc34)cc2)C1. The third-order valence-corrected chi connectivity index (χ3v) is 8.95. The van der Waals surface area contributed by atoms with Gasteiger partial charge in [0.1, 0.15) is 5.52 Å². The van der Waals surface area contributed by atoms with Gasteiger partial charge < -0.3 is 15.2 Å². The predicted octanol–water partition coefficient (Wildman–Crippen LogP) is 3.96. The average Bonchev–Trinajstić information content (AvgIpc) is 3.52. The second kappa shape index (κ2) is 9.18. The minimum Gasteiger partial charge on any atom is -0.344 e. The molecule has 3 heterocycles. The van der Waals surface area contributed by atoms with E-state index >= 15 is 0 Å². The fourth-order valence-electron chi connectivity index (χ4n) is 4.31. The minimum absolute atomic E-state index is 0.00475. The van der Waals surface area contributed by atoms with E-state index in [0.29, 0.717) is 39.4 Å². The summed E-state index contributed by atoms with van der Waals surface area (Å²) in [5.74, 6) is 0.00475. The summed E-state index contributed by atoms with van der Waals surface area (Å²) in [5, 5.41) is 3.09. The maximum absolute atomic E-state index is 13.3. The molecule has 10 heteroatoms. The fourth-order valence-corrected chi connectivity index (χ4v) is 6.49. The Morgan fingerprint density at radius 3 is 2.69 bits per heavy atom. The molecule has 35 heavy (non-hydrogen) atoms. The van der Waals surface area contributed by atoms with Crippen LogP contribution in [0.5, 0.6) is 0 Å². The number of amides is 1. The van der Waals surface area contributed by atoms with Gasteiger partial charge in [-0.05, 0) is 71.7 Å². The number of carbonyl (C=O) groups excluding carboxylic acids is 1. The average molecular weight is 554 g/mol. The maximum atomic E-state index is 13.3. The molecule has 5 rings (SSSR count). The number of hydrogen-bond acceptors (Lipinski definition) is 6. The van der Waals surface area contributed by atoms with Gasteiger partial charge in [0, 0.05) is 40.9 Å². The third kappa shape index (κ3) is 4.37. The van der Waals surface area contributed by atoms with Gasteiger partial charge in [-0.3, -0.25) is 4.79 Å². The molecule has 0 bridgehead atoms. The lowest BCUT2D eigenvalue weighted by molar-refractivity contribution is 0.0789. The van der Waals surface area contributed by atoms with Crippen LogP contribution in [0.4, 0.5) is 0 Å². The van der Waals surface area contributed by atoms with Crippen LogP contribution in [0.25, 0.3) is 22.3 Å². The topological polar surface area (TPSA) is 108 Å². The van der Waals surface area contributed by atoms with E-state index in [2.05, 4.69) is 36.2 Å². The molecule has 4 aromatic rings. The first-order valence-corrected chi connectivity index (χ1v) is 13.5. The number of nitrogens with one attached hydrogen (secondary N) is 2. The molecule has 1 atom stereocenters. The summed E-state index contributed by atoms with van der Waals surface area (Å²) in [4.78, 5) is 26.7. The Balaban J connectivity index is 1.48. The number of carbonyl (C=O) groups is 1. The van der Waals surface area contributed by atoms with Crippen molar-refractivity contribution < 1.29 is 13.2 Å². The second-order valence-electron chi connectivity index (χ2n) is 8.65. The second-order valence-corrected chi connectivity index (χ2v) is 11.4. The third-order valence-electron chi connectivity index (χ3n) is 6.34. The maximum Gasteiger partial charge on any atom is 0.253 e. The van der Waals surface area contributed by atoms with Crippen molar-refractivity contribution in [3.63, 3.8) is 0 Å². The van der Waals surface area contributed by atoms with Gasteiger partial charge in [-0.2, -0.15) is 0 Å². The standard InChI is InChI=1S/C25H24BrN5O3S/c1-15-3-8-20(26)21(11-15)35(33,34)22-13-29-24-23(30-22)19(12-28-24)16-4-6-17(7-5-16)25(32)31-10-9-18(14-31)27-2/h3-8,11-13,18,27H,9-10,14H2,1-2H3,(H,28,29)/t18-/m0/s1. The van der Waals surface area contributed by atoms with E-state index in [1.54, 1.807) is 30.5 Å². The largest absolute Gasteiger partial charge is 0.344 e. The normalized spacial score (nSPS) is 16.2. The predicted molar refractivity (Wildman–Crippen MR) is 137 cm³/mol. The van der Waals surface area contributed by atoms with Crippen molar-refractivity contribution in [1.82, 2.24) is 25.2 Å². The van der Waals surface area contributed by atoms with Crippen LogP contribution >= 0.6 is 15.9 Å². The number of rotatable bonds is 5. The highest BCUT2D eigenvalue weighted by Gasteiger charge is 2.26. The molecule has 0 spiro atoms. The van der Waals surface area contributed by atoms with Crippen molar-refractivity contribution in [2.24, 2.45) is 0 Å². The number of aromatic nitrogens is 3. The van der Waals surface area contributed by atoms with Gasteiger partial charge in [-0.25, -0.2) is 18.4 Å². The fraction of sp³-hybridized carbons (Fsp3) is 0.240. The van der Waals surface area contributed by atoms with Crippen LogP contribution in [-0.4, -0.2) is 60.4 Å². The molecule has 8 nitrogen and oxygen atoms in total. The first-order valence-electron chi connectivity index (χ1n) is 11.2. The van der Waals surface area contributed by atoms with Crippen LogP contribution < -0.4 is 5.32 Å². The number of likely N-dealkylation sites (tertiary alicyclic amines) is 1. The number of halogens is 1. The first kappa shape index (κ1) is 23.7. The minimum atomic E-state index is -3.88. The van der Waals surface area contributed by atoms with Crippen LogP contribution in [0.2, 0.25) is 0 Å². The van der Waals surface area contributed by atoms with E-state index in [1.807, 2.05) is 37.1 Å². The summed E-state index contributed by atoms with van der Waals surface area (Å²) in [6.07, 6.45) is 3.96. The summed E-state index contributed by atoms with van der Waals surface area (Å²) in [6, 6.07) is 12.8. The number of nitrogens with zero attached hydrogens (tertiary/aromatic N) is 3. The Bertz CT molecular complexity index is 1530. The Morgan fingerprint density at radius 1 is 1.20 bits per heavy atom. The highest BCUT2D eigenvalue weighted by atomic mass is 79.9. The summed E-state index contributed by atoms with van der Waals surface area (Å²) >= 11 is 3.34. The molecule has 0 saturated carbocycles. The van der Waals surface area contributed by atoms with Gasteiger partial charge >= 0.3 is 0 Å². The van der Waals surface area contributed by atoms with Gasteiger partial charge in [-0.15, -0.1) is 0 Å². The van der Waals surface area contributed by atoms with Gasteiger partial charge in [0.05, 0.1) is 11.1 Å². The Hall–Kier alpha value is -3.08.